The predicted octanol–water partition coefficient (Wildman–Crippen LogP) is 2.84. The van der Waals surface area contributed by atoms with Crippen LogP contribution in [0.3, 0.4) is 0 Å². The molecule has 0 radical (unpaired) electrons. The van der Waals surface area contributed by atoms with Gasteiger partial charge in [-0.15, -0.1) is 0 Å². The number of ether oxygens (including phenoxy) is 1. The van der Waals surface area contributed by atoms with Gasteiger partial charge < -0.3 is 4.74 Å². The zero-order valence-electron chi connectivity index (χ0n) is 8.85. The summed E-state index contributed by atoms with van der Waals surface area (Å²) in [6, 6.07) is 7.95. The first-order valence-electron chi connectivity index (χ1n) is 4.88. The van der Waals surface area contributed by atoms with Crippen LogP contribution < -0.4 is 4.74 Å². The summed E-state index contributed by atoms with van der Waals surface area (Å²) in [6.07, 6.45) is 4.39. The summed E-state index contributed by atoms with van der Waals surface area (Å²) < 4.78 is 5.90. The Labute approximate surface area is 103 Å². The van der Waals surface area contributed by atoms with E-state index in [2.05, 4.69) is 25.9 Å². The lowest BCUT2D eigenvalue weighted by Gasteiger charge is -2.07. The van der Waals surface area contributed by atoms with Gasteiger partial charge in [0.1, 0.15) is 5.75 Å². The van der Waals surface area contributed by atoms with Crippen LogP contribution in [0.15, 0.2) is 41.4 Å². The van der Waals surface area contributed by atoms with Crippen molar-refractivity contribution in [2.45, 2.75) is 6.42 Å². The summed E-state index contributed by atoms with van der Waals surface area (Å²) in [5.41, 5.74) is 2.20. The van der Waals surface area contributed by atoms with E-state index in [9.17, 15) is 0 Å². The molecule has 0 aliphatic heterocycles. The van der Waals surface area contributed by atoms with Gasteiger partial charge in [-0.05, 0) is 33.1 Å². The second-order valence-electron chi connectivity index (χ2n) is 3.35. The molecule has 82 valence electrons. The highest BCUT2D eigenvalue weighted by atomic mass is 79.9. The van der Waals surface area contributed by atoms with E-state index in [1.807, 2.05) is 36.7 Å². The number of para-hydroxylation sites is 1. The average Bonchev–Trinajstić information content (AvgIpc) is 2.33. The molecule has 16 heavy (non-hydrogen) atoms. The summed E-state index contributed by atoms with van der Waals surface area (Å²) in [7, 11) is 1.68. The Bertz CT molecular complexity index is 471. The van der Waals surface area contributed by atoms with Crippen molar-refractivity contribution < 1.29 is 4.74 Å². The number of halogens is 1. The normalized spacial score (nSPS) is 10.1. The van der Waals surface area contributed by atoms with Gasteiger partial charge in [-0.3, -0.25) is 0 Å². The maximum atomic E-state index is 5.29. The van der Waals surface area contributed by atoms with Gasteiger partial charge in [0.2, 0.25) is 0 Å². The number of rotatable bonds is 3. The van der Waals surface area contributed by atoms with E-state index in [-0.39, 0.29) is 0 Å². The van der Waals surface area contributed by atoms with Crippen molar-refractivity contribution in [1.29, 1.82) is 0 Å². The Morgan fingerprint density at radius 1 is 1.19 bits per heavy atom. The molecule has 0 spiro atoms. The first-order valence-corrected chi connectivity index (χ1v) is 5.67. The maximum absolute atomic E-state index is 5.29. The predicted molar refractivity (Wildman–Crippen MR) is 65.5 cm³/mol. The number of benzene rings is 1. The van der Waals surface area contributed by atoms with E-state index >= 15 is 0 Å². The van der Waals surface area contributed by atoms with Crippen molar-refractivity contribution in [2.75, 3.05) is 7.11 Å². The molecule has 0 amide bonds. The number of nitrogens with zero attached hydrogens (tertiary/aromatic N) is 2. The molecule has 1 aromatic heterocycles. The molecule has 0 unspecified atom stereocenters. The highest BCUT2D eigenvalue weighted by Gasteiger charge is 2.03. The lowest BCUT2D eigenvalue weighted by atomic mass is 10.1. The number of aromatic nitrogens is 2. The summed E-state index contributed by atoms with van der Waals surface area (Å²) in [5.74, 6) is 0.894. The van der Waals surface area contributed by atoms with Crippen LogP contribution in [0, 0.1) is 0 Å². The standard InChI is InChI=1S/C12H11BrN2O/c1-16-11-5-3-2-4-10(11)6-9-7-14-12(13)15-8-9/h2-5,7-8H,6H2,1H3. The Kier molecular flexibility index (Phi) is 3.51. The van der Waals surface area contributed by atoms with E-state index in [1.165, 1.54) is 0 Å². The molecule has 0 N–H and O–H groups in total. The molecule has 1 heterocycles. The van der Waals surface area contributed by atoms with Gasteiger partial charge in [-0.2, -0.15) is 0 Å². The van der Waals surface area contributed by atoms with E-state index < -0.39 is 0 Å². The van der Waals surface area contributed by atoms with Gasteiger partial charge in [0.05, 0.1) is 7.11 Å². The van der Waals surface area contributed by atoms with Crippen LogP contribution in [0.2, 0.25) is 0 Å². The average molecular weight is 279 g/mol. The lowest BCUT2D eigenvalue weighted by Crippen LogP contribution is -1.95. The quantitative estimate of drug-likeness (QED) is 0.810. The molecule has 0 aliphatic rings. The van der Waals surface area contributed by atoms with E-state index in [0.717, 1.165) is 23.3 Å². The Balaban J connectivity index is 2.23. The van der Waals surface area contributed by atoms with Gasteiger partial charge in [0.15, 0.2) is 4.73 Å². The smallest absolute Gasteiger partial charge is 0.196 e. The third kappa shape index (κ3) is 2.58. The highest BCUT2D eigenvalue weighted by Crippen LogP contribution is 2.20. The minimum Gasteiger partial charge on any atom is -0.496 e. The second kappa shape index (κ2) is 5.07. The van der Waals surface area contributed by atoms with Gasteiger partial charge in [0.25, 0.3) is 0 Å². The van der Waals surface area contributed by atoms with Crippen molar-refractivity contribution >= 4 is 15.9 Å². The fraction of sp³-hybridized carbons (Fsp3) is 0.167. The van der Waals surface area contributed by atoms with Crippen molar-refractivity contribution in [2.24, 2.45) is 0 Å². The third-order valence-electron chi connectivity index (χ3n) is 2.26. The van der Waals surface area contributed by atoms with Crippen LogP contribution in [0.5, 0.6) is 5.75 Å². The van der Waals surface area contributed by atoms with Crippen molar-refractivity contribution in [1.82, 2.24) is 9.97 Å². The number of hydrogen-bond donors (Lipinski definition) is 0. The van der Waals surface area contributed by atoms with Crippen molar-refractivity contribution in [3.8, 4) is 5.75 Å². The zero-order valence-corrected chi connectivity index (χ0v) is 10.4. The minimum atomic E-state index is 0.608. The van der Waals surface area contributed by atoms with Crippen LogP contribution in [-0.2, 0) is 6.42 Å². The molecule has 0 saturated heterocycles. The lowest BCUT2D eigenvalue weighted by molar-refractivity contribution is 0.410. The van der Waals surface area contributed by atoms with Crippen LogP contribution in [-0.4, -0.2) is 17.1 Å². The second-order valence-corrected chi connectivity index (χ2v) is 4.06. The van der Waals surface area contributed by atoms with Gasteiger partial charge in [-0.1, -0.05) is 18.2 Å². The Hall–Kier alpha value is -1.42. The van der Waals surface area contributed by atoms with Crippen molar-refractivity contribution in [3.63, 3.8) is 0 Å². The molecule has 0 bridgehead atoms. The van der Waals surface area contributed by atoms with E-state index in [0.29, 0.717) is 4.73 Å². The number of hydrogen-bond acceptors (Lipinski definition) is 3. The molecule has 1 aromatic carbocycles. The topological polar surface area (TPSA) is 35.0 Å². The monoisotopic (exact) mass is 278 g/mol. The first-order chi connectivity index (χ1) is 7.79. The maximum Gasteiger partial charge on any atom is 0.196 e. The fourth-order valence-corrected chi connectivity index (χ4v) is 1.70. The Morgan fingerprint density at radius 3 is 2.56 bits per heavy atom. The molecule has 0 fully saturated rings. The highest BCUT2D eigenvalue weighted by molar-refractivity contribution is 9.10. The molecule has 4 heteroatoms. The van der Waals surface area contributed by atoms with E-state index in [1.54, 1.807) is 7.11 Å². The van der Waals surface area contributed by atoms with Crippen molar-refractivity contribution in [3.05, 3.63) is 52.5 Å². The summed E-state index contributed by atoms with van der Waals surface area (Å²) in [4.78, 5) is 8.19. The molecule has 3 nitrogen and oxygen atoms in total. The van der Waals surface area contributed by atoms with Crippen LogP contribution in [0.4, 0.5) is 0 Å². The zero-order chi connectivity index (χ0) is 11.4. The number of methoxy groups -OCH3 is 1. The molecule has 0 saturated carbocycles. The van der Waals surface area contributed by atoms with E-state index in [4.69, 9.17) is 4.74 Å². The Morgan fingerprint density at radius 2 is 1.88 bits per heavy atom. The van der Waals surface area contributed by atoms with Gasteiger partial charge >= 0.3 is 0 Å². The molecule has 2 aromatic rings. The van der Waals surface area contributed by atoms with Crippen LogP contribution >= 0.6 is 15.9 Å². The largest absolute Gasteiger partial charge is 0.496 e. The van der Waals surface area contributed by atoms with Crippen LogP contribution in [0.1, 0.15) is 11.1 Å². The fourth-order valence-electron chi connectivity index (χ4n) is 1.50. The van der Waals surface area contributed by atoms with Gasteiger partial charge in [-0.25, -0.2) is 9.97 Å². The summed E-state index contributed by atoms with van der Waals surface area (Å²) >= 11 is 3.21. The molecule has 0 aliphatic carbocycles. The van der Waals surface area contributed by atoms with Crippen LogP contribution in [0.25, 0.3) is 0 Å². The first kappa shape index (κ1) is 11.1. The summed E-state index contributed by atoms with van der Waals surface area (Å²) in [5, 5.41) is 0. The molecular formula is C12H11BrN2O. The molecule has 2 rings (SSSR count). The summed E-state index contributed by atoms with van der Waals surface area (Å²) in [6.45, 7) is 0. The minimum absolute atomic E-state index is 0.608. The third-order valence-corrected chi connectivity index (χ3v) is 2.67. The molecular weight excluding hydrogens is 268 g/mol. The SMILES string of the molecule is COc1ccccc1Cc1cnc(Br)nc1. The molecule has 0 atom stereocenters. The van der Waals surface area contributed by atoms with Gasteiger partial charge in [0, 0.05) is 18.8 Å².